The summed E-state index contributed by atoms with van der Waals surface area (Å²) < 4.78 is 48.9. The maximum absolute atomic E-state index is 14.3. The van der Waals surface area contributed by atoms with Crippen LogP contribution in [0, 0.1) is 23.7 Å². The number of hydrogen-bond acceptors (Lipinski definition) is 17. The topological polar surface area (TPSA) is 226 Å². The Morgan fingerprint density at radius 2 is 1.50 bits per heavy atom. The molecule has 0 aliphatic carbocycles. The van der Waals surface area contributed by atoms with Crippen LogP contribution in [0.4, 0.5) is 0 Å². The minimum absolute atomic E-state index is 0.0448. The van der Waals surface area contributed by atoms with E-state index >= 15 is 0 Å². The first-order valence-electron chi connectivity index (χ1n) is 21.5. The molecule has 3 aliphatic heterocycles. The van der Waals surface area contributed by atoms with Crippen LogP contribution in [-0.2, 0) is 57.1 Å². The summed E-state index contributed by atoms with van der Waals surface area (Å²) in [4.78, 5) is 55.3. The molecule has 0 spiro atoms. The summed E-state index contributed by atoms with van der Waals surface area (Å²) in [5.74, 6) is -6.51. The van der Waals surface area contributed by atoms with E-state index in [1.807, 2.05) is 25.9 Å². The molecule has 3 fully saturated rings. The van der Waals surface area contributed by atoms with Crippen LogP contribution in [0.1, 0.15) is 115 Å². The molecular weight excluding hydrogens is 786 g/mol. The van der Waals surface area contributed by atoms with Gasteiger partial charge in [0.2, 0.25) is 0 Å². The molecule has 17 nitrogen and oxygen atoms in total. The molecule has 0 aromatic heterocycles. The fourth-order valence-electron chi connectivity index (χ4n) is 9.08. The number of ether oxygens (including phenoxy) is 8. The lowest BCUT2D eigenvalue weighted by atomic mass is 9.74. The number of hydrogen-bond donors (Lipinski definition) is 4. The van der Waals surface area contributed by atoms with Gasteiger partial charge < -0.3 is 63.2 Å². The highest BCUT2D eigenvalue weighted by atomic mass is 16.7. The van der Waals surface area contributed by atoms with E-state index in [0.717, 1.165) is 0 Å². The maximum Gasteiger partial charge on any atom is 0.311 e. The number of cyclic esters (lactones) is 1. The lowest BCUT2D eigenvalue weighted by molar-refractivity contribution is -0.319. The van der Waals surface area contributed by atoms with Gasteiger partial charge in [0, 0.05) is 37.7 Å². The minimum atomic E-state index is -2.04. The van der Waals surface area contributed by atoms with E-state index in [2.05, 4.69) is 0 Å². The van der Waals surface area contributed by atoms with Crippen molar-refractivity contribution in [1.82, 2.24) is 4.90 Å². The number of rotatable bonds is 12. The van der Waals surface area contributed by atoms with E-state index in [0.29, 0.717) is 6.42 Å². The average Bonchev–Trinajstić information content (AvgIpc) is 3.18. The minimum Gasteiger partial charge on any atom is -0.465 e. The zero-order valence-corrected chi connectivity index (χ0v) is 38.2. The maximum atomic E-state index is 14.3. The van der Waals surface area contributed by atoms with Crippen molar-refractivity contribution in [3.05, 3.63) is 0 Å². The summed E-state index contributed by atoms with van der Waals surface area (Å²) in [7, 11) is 5.10. The molecule has 18 atom stereocenters. The summed E-state index contributed by atoms with van der Waals surface area (Å²) in [6.07, 6.45) is -10.7. The normalized spacial score (nSPS) is 43.8. The van der Waals surface area contributed by atoms with E-state index in [4.69, 9.17) is 37.9 Å². The van der Waals surface area contributed by atoms with E-state index in [1.165, 1.54) is 27.9 Å². The molecule has 60 heavy (non-hydrogen) atoms. The molecule has 0 radical (unpaired) electrons. The summed E-state index contributed by atoms with van der Waals surface area (Å²) in [6.45, 7) is 17.5. The number of aliphatic hydroxyl groups is 4. The van der Waals surface area contributed by atoms with Gasteiger partial charge in [-0.15, -0.1) is 0 Å². The number of carbonyl (C=O) groups is 4. The predicted octanol–water partition coefficient (Wildman–Crippen LogP) is 2.68. The van der Waals surface area contributed by atoms with Crippen LogP contribution in [0.2, 0.25) is 0 Å². The SMILES string of the molecule is CCC(=O)OCCC(=O)O[C@H]1[C@H](O[C@@H]2[C@@H](C)[C@H](O[C@H]3C[C@](C)(OC)[C@H](O)[C@@H](C)O3)[C@@H](C)C(=O)O[C@H](CC)[C@@](C)(O)[C@H](O)[C@@H](C)C(=O)[C@H](C)C[C@]2(C)O)O[C@H](C)C[C@@H]1N(C)C. The van der Waals surface area contributed by atoms with Gasteiger partial charge >= 0.3 is 17.9 Å². The number of aliphatic hydroxyl groups excluding tert-OH is 2. The van der Waals surface area contributed by atoms with Crippen LogP contribution in [0.3, 0.4) is 0 Å². The van der Waals surface area contributed by atoms with Gasteiger partial charge in [0.25, 0.3) is 0 Å². The molecule has 348 valence electrons. The van der Waals surface area contributed by atoms with Crippen molar-refractivity contribution < 1.29 is 77.5 Å². The Bertz CT molecular complexity index is 1440. The Kier molecular flexibility index (Phi) is 18.5. The Labute approximate surface area is 356 Å². The molecule has 3 heterocycles. The second-order valence-electron chi connectivity index (χ2n) is 18.3. The molecule has 3 saturated heterocycles. The van der Waals surface area contributed by atoms with Gasteiger partial charge in [-0.05, 0) is 74.9 Å². The highest BCUT2D eigenvalue weighted by Gasteiger charge is 2.54. The van der Waals surface area contributed by atoms with Crippen LogP contribution < -0.4 is 0 Å². The van der Waals surface area contributed by atoms with Gasteiger partial charge in [-0.2, -0.15) is 0 Å². The van der Waals surface area contributed by atoms with Crippen LogP contribution in [0.15, 0.2) is 0 Å². The number of nitrogens with zero attached hydrogens (tertiary/aromatic N) is 1. The smallest absolute Gasteiger partial charge is 0.311 e. The molecule has 17 heteroatoms. The van der Waals surface area contributed by atoms with Crippen molar-refractivity contribution in [1.29, 1.82) is 0 Å². The van der Waals surface area contributed by atoms with E-state index < -0.39 is 132 Å². The molecule has 0 aromatic rings. The Morgan fingerprint density at radius 3 is 2.07 bits per heavy atom. The van der Waals surface area contributed by atoms with Crippen molar-refractivity contribution in [2.24, 2.45) is 23.7 Å². The first kappa shape index (κ1) is 52.0. The molecule has 0 unspecified atom stereocenters. The van der Waals surface area contributed by atoms with Crippen molar-refractivity contribution in [3.63, 3.8) is 0 Å². The Morgan fingerprint density at radius 1 is 0.867 bits per heavy atom. The van der Waals surface area contributed by atoms with Gasteiger partial charge in [-0.25, -0.2) is 0 Å². The highest BCUT2D eigenvalue weighted by molar-refractivity contribution is 5.83. The molecule has 4 N–H and O–H groups in total. The van der Waals surface area contributed by atoms with Crippen molar-refractivity contribution in [3.8, 4) is 0 Å². The van der Waals surface area contributed by atoms with Crippen LogP contribution >= 0.6 is 0 Å². The fourth-order valence-corrected chi connectivity index (χ4v) is 9.08. The third kappa shape index (κ3) is 12.2. The molecule has 0 bridgehead atoms. The number of esters is 3. The highest BCUT2D eigenvalue weighted by Crippen LogP contribution is 2.41. The lowest BCUT2D eigenvalue weighted by Crippen LogP contribution is -2.61. The predicted molar refractivity (Wildman–Crippen MR) is 216 cm³/mol. The van der Waals surface area contributed by atoms with Crippen molar-refractivity contribution in [2.75, 3.05) is 27.8 Å². The number of methoxy groups -OCH3 is 1. The standard InChI is InChI=1S/C43H75NO16/c1-15-29-43(11,52)36(48)24(5)33(47)22(3)20-41(9,51)38(25(6)34(26(7)39(50)57-29)59-32-21-42(10,53-14)37(49)27(8)56-32)60-40-35(28(44(12)13)19-23(4)55-40)58-31(46)17-18-54-30(45)16-2/h22-29,32,34-38,40,48-49,51-52H,15-21H2,1-14H3/t22-,23-,24+,25+,26-,27-,28+,29-,32+,34+,35-,36-,37-,38-,40+,41+,42+,43-/m1/s1. The molecule has 0 saturated carbocycles. The van der Waals surface area contributed by atoms with Crippen LogP contribution in [-0.4, -0.2) is 161 Å². The number of ketones is 1. The second-order valence-corrected chi connectivity index (χ2v) is 18.3. The third-order valence-corrected chi connectivity index (χ3v) is 12.9. The summed E-state index contributed by atoms with van der Waals surface area (Å²) >= 11 is 0. The molecule has 3 aliphatic rings. The molecule has 0 amide bonds. The van der Waals surface area contributed by atoms with Gasteiger partial charge in [0.1, 0.15) is 30.2 Å². The first-order chi connectivity index (χ1) is 27.8. The third-order valence-electron chi connectivity index (χ3n) is 12.9. The van der Waals surface area contributed by atoms with E-state index in [9.17, 15) is 39.6 Å². The molecule has 0 aromatic carbocycles. The van der Waals surface area contributed by atoms with Gasteiger partial charge in [-0.1, -0.05) is 34.6 Å². The van der Waals surface area contributed by atoms with Crippen LogP contribution in [0.25, 0.3) is 0 Å². The lowest BCUT2D eigenvalue weighted by Gasteiger charge is -2.49. The fraction of sp³-hybridized carbons (Fsp3) is 0.907. The monoisotopic (exact) mass is 862 g/mol. The van der Waals surface area contributed by atoms with Gasteiger partial charge in [-0.3, -0.25) is 19.2 Å². The van der Waals surface area contributed by atoms with E-state index in [1.54, 1.807) is 48.5 Å². The second kappa shape index (κ2) is 21.4. The summed E-state index contributed by atoms with van der Waals surface area (Å²) in [5.41, 5.74) is -5.05. The Hall–Kier alpha value is -2.32. The Balaban J connectivity index is 2.21. The largest absolute Gasteiger partial charge is 0.465 e. The van der Waals surface area contributed by atoms with Crippen molar-refractivity contribution in [2.45, 2.75) is 199 Å². The van der Waals surface area contributed by atoms with E-state index in [-0.39, 0.29) is 38.7 Å². The summed E-state index contributed by atoms with van der Waals surface area (Å²) in [6, 6.07) is -0.433. The zero-order chi connectivity index (χ0) is 45.7. The van der Waals surface area contributed by atoms with Gasteiger partial charge in [0.05, 0.1) is 60.1 Å². The summed E-state index contributed by atoms with van der Waals surface area (Å²) in [5, 5.41) is 46.8. The van der Waals surface area contributed by atoms with Crippen molar-refractivity contribution >= 4 is 23.7 Å². The zero-order valence-electron chi connectivity index (χ0n) is 38.2. The molecular formula is C43H75NO16. The van der Waals surface area contributed by atoms with Crippen LogP contribution in [0.5, 0.6) is 0 Å². The number of likely N-dealkylation sites (N-methyl/N-ethyl adjacent to an activating group) is 1. The quantitative estimate of drug-likeness (QED) is 0.163. The number of carbonyl (C=O) groups excluding carboxylic acids is 4. The van der Waals surface area contributed by atoms with Gasteiger partial charge in [0.15, 0.2) is 18.7 Å². The number of Topliss-reactive ketones (excluding diaryl/α,β-unsaturated/α-hetero) is 1. The first-order valence-corrected chi connectivity index (χ1v) is 21.5. The average molecular weight is 862 g/mol. The molecule has 3 rings (SSSR count).